The number of benzene rings is 1. The molecule has 2 aliphatic rings. The molecule has 1 aliphatic heterocycles. The zero-order valence-electron chi connectivity index (χ0n) is 15.8. The van der Waals surface area contributed by atoms with Crippen molar-refractivity contribution in [1.82, 2.24) is 4.90 Å². The van der Waals surface area contributed by atoms with E-state index in [1.807, 2.05) is 0 Å². The van der Waals surface area contributed by atoms with Gasteiger partial charge in [0.15, 0.2) is 0 Å². The van der Waals surface area contributed by atoms with Crippen LogP contribution >= 0.6 is 0 Å². The van der Waals surface area contributed by atoms with Crippen molar-refractivity contribution in [3.05, 3.63) is 41.1 Å². The number of β-amino-alcohol motifs (C(OH)–C–C–N with tert-alkyl or cyclic N) is 1. The van der Waals surface area contributed by atoms with Crippen LogP contribution < -0.4 is 5.32 Å². The van der Waals surface area contributed by atoms with Crippen LogP contribution in [-0.2, 0) is 19.1 Å². The van der Waals surface area contributed by atoms with Gasteiger partial charge in [0.25, 0.3) is 5.91 Å². The predicted octanol–water partition coefficient (Wildman–Crippen LogP) is 1.46. The molecule has 8 nitrogen and oxygen atoms in total. The number of nitrogens with one attached hydrogen (secondary N) is 1. The quantitative estimate of drug-likeness (QED) is 0.681. The molecule has 150 valence electrons. The fraction of sp³-hybridized carbons (Fsp3) is 0.450. The first-order valence-electron chi connectivity index (χ1n) is 9.33. The number of carbonyl (C=O) groups excluding carboxylic acids is 3. The molecule has 0 bridgehead atoms. The summed E-state index contributed by atoms with van der Waals surface area (Å²) in [5.74, 6) is -1.36. The number of aliphatic hydroxyl groups is 1. The van der Waals surface area contributed by atoms with Crippen LogP contribution in [0.5, 0.6) is 0 Å². The molecule has 8 heteroatoms. The van der Waals surface area contributed by atoms with Gasteiger partial charge >= 0.3 is 11.9 Å². The second kappa shape index (κ2) is 8.88. The van der Waals surface area contributed by atoms with Crippen molar-refractivity contribution in [3.8, 4) is 0 Å². The number of carbonyl (C=O) groups is 3. The highest BCUT2D eigenvalue weighted by atomic mass is 16.5. The molecule has 1 heterocycles. The lowest BCUT2D eigenvalue weighted by Gasteiger charge is -2.15. The van der Waals surface area contributed by atoms with E-state index in [4.69, 9.17) is 14.6 Å². The smallest absolute Gasteiger partial charge is 0.338 e. The van der Waals surface area contributed by atoms with Crippen molar-refractivity contribution >= 4 is 23.5 Å². The lowest BCUT2D eigenvalue weighted by atomic mass is 10.2. The first-order chi connectivity index (χ1) is 13.5. The van der Waals surface area contributed by atoms with E-state index in [1.54, 1.807) is 24.3 Å². The summed E-state index contributed by atoms with van der Waals surface area (Å²) in [4.78, 5) is 38.1. The van der Waals surface area contributed by atoms with Crippen LogP contribution in [0.2, 0.25) is 0 Å². The van der Waals surface area contributed by atoms with Crippen molar-refractivity contribution in [2.75, 3.05) is 32.1 Å². The summed E-state index contributed by atoms with van der Waals surface area (Å²) in [7, 11) is 1.25. The molecule has 0 atom stereocenters. The molecule has 2 N–H and O–H groups in total. The van der Waals surface area contributed by atoms with Crippen LogP contribution in [0.1, 0.15) is 36.0 Å². The number of aliphatic hydroxyl groups excluding tert-OH is 1. The van der Waals surface area contributed by atoms with Crippen LogP contribution in [0.25, 0.3) is 0 Å². The van der Waals surface area contributed by atoms with Gasteiger partial charge in [-0.15, -0.1) is 0 Å². The van der Waals surface area contributed by atoms with E-state index in [0.717, 1.165) is 25.7 Å². The van der Waals surface area contributed by atoms with Gasteiger partial charge in [0, 0.05) is 12.2 Å². The fourth-order valence-electron chi connectivity index (χ4n) is 3.41. The molecule has 0 aromatic heterocycles. The van der Waals surface area contributed by atoms with Gasteiger partial charge in [-0.1, -0.05) is 0 Å². The van der Waals surface area contributed by atoms with Crippen molar-refractivity contribution in [1.29, 1.82) is 0 Å². The molecular formula is C20H24N2O6. The first-order valence-corrected chi connectivity index (χ1v) is 9.33. The van der Waals surface area contributed by atoms with E-state index in [2.05, 4.69) is 5.32 Å². The standard InChI is InChI=1S/C20H24N2O6/c1-27-20(26)16-12-22(10-11-23)18(24)17(16)21-14-8-6-13(7-9-14)19(25)28-15-4-2-3-5-15/h6-9,15,21,23H,2-5,10-12H2,1H3. The van der Waals surface area contributed by atoms with E-state index in [1.165, 1.54) is 12.0 Å². The molecule has 28 heavy (non-hydrogen) atoms. The average molecular weight is 388 g/mol. The van der Waals surface area contributed by atoms with Crippen molar-refractivity contribution in [2.24, 2.45) is 0 Å². The maximum Gasteiger partial charge on any atom is 0.338 e. The number of amides is 1. The Morgan fingerprint density at radius 3 is 2.46 bits per heavy atom. The summed E-state index contributed by atoms with van der Waals surface area (Å²) in [6.07, 6.45) is 3.97. The van der Waals surface area contributed by atoms with Crippen LogP contribution in [0.4, 0.5) is 5.69 Å². The Labute approximate surface area is 163 Å². The molecule has 3 rings (SSSR count). The topological polar surface area (TPSA) is 105 Å². The number of nitrogens with zero attached hydrogens (tertiary/aromatic N) is 1. The van der Waals surface area contributed by atoms with Gasteiger partial charge in [-0.3, -0.25) is 4.79 Å². The van der Waals surface area contributed by atoms with E-state index >= 15 is 0 Å². The van der Waals surface area contributed by atoms with Crippen molar-refractivity contribution in [3.63, 3.8) is 0 Å². The molecule has 0 saturated heterocycles. The summed E-state index contributed by atoms with van der Waals surface area (Å²) in [6, 6.07) is 6.52. The number of rotatable bonds is 7. The molecular weight excluding hydrogens is 364 g/mol. The number of methoxy groups -OCH3 is 1. The molecule has 1 saturated carbocycles. The summed E-state index contributed by atoms with van der Waals surface area (Å²) < 4.78 is 10.2. The number of esters is 2. The van der Waals surface area contributed by atoms with Gasteiger partial charge in [0.2, 0.25) is 0 Å². The highest BCUT2D eigenvalue weighted by molar-refractivity contribution is 6.08. The zero-order valence-corrected chi connectivity index (χ0v) is 15.8. The molecule has 1 amide bonds. The summed E-state index contributed by atoms with van der Waals surface area (Å²) in [5, 5.41) is 12.0. The van der Waals surface area contributed by atoms with Gasteiger partial charge in [-0.2, -0.15) is 0 Å². The molecule has 1 aromatic rings. The number of hydrogen-bond acceptors (Lipinski definition) is 7. The Hall–Kier alpha value is -2.87. The Morgan fingerprint density at radius 1 is 1.18 bits per heavy atom. The highest BCUT2D eigenvalue weighted by Crippen LogP contribution is 2.24. The van der Waals surface area contributed by atoms with Crippen LogP contribution in [0, 0.1) is 0 Å². The summed E-state index contributed by atoms with van der Waals surface area (Å²) in [6.45, 7) is -0.0120. The fourth-order valence-corrected chi connectivity index (χ4v) is 3.41. The van der Waals surface area contributed by atoms with Gasteiger partial charge in [0.05, 0.1) is 31.4 Å². The number of hydrogen-bond donors (Lipinski definition) is 2. The van der Waals surface area contributed by atoms with Gasteiger partial charge in [0.1, 0.15) is 11.8 Å². The summed E-state index contributed by atoms with van der Waals surface area (Å²) in [5.41, 5.74) is 1.29. The molecule has 1 aliphatic carbocycles. The lowest BCUT2D eigenvalue weighted by molar-refractivity contribution is -0.136. The molecule has 0 spiro atoms. The first kappa shape index (κ1) is 19.9. The minimum absolute atomic E-state index is 0.00769. The zero-order chi connectivity index (χ0) is 20.1. The lowest BCUT2D eigenvalue weighted by Crippen LogP contribution is -2.31. The number of ether oxygens (including phenoxy) is 2. The maximum atomic E-state index is 12.5. The second-order valence-corrected chi connectivity index (χ2v) is 6.81. The average Bonchev–Trinajstić information content (AvgIpc) is 3.31. The van der Waals surface area contributed by atoms with E-state index in [-0.39, 0.29) is 48.9 Å². The summed E-state index contributed by atoms with van der Waals surface area (Å²) >= 11 is 0. The minimum atomic E-state index is -0.604. The van der Waals surface area contributed by atoms with Crippen molar-refractivity contribution < 1.29 is 29.0 Å². The largest absolute Gasteiger partial charge is 0.466 e. The Morgan fingerprint density at radius 2 is 1.86 bits per heavy atom. The van der Waals surface area contributed by atoms with Crippen LogP contribution in [0.3, 0.4) is 0 Å². The van der Waals surface area contributed by atoms with Crippen LogP contribution in [0.15, 0.2) is 35.5 Å². The van der Waals surface area contributed by atoms with Gasteiger partial charge in [-0.25, -0.2) is 9.59 Å². The normalized spacial score (nSPS) is 17.2. The molecule has 0 radical (unpaired) electrons. The van der Waals surface area contributed by atoms with E-state index in [0.29, 0.717) is 11.3 Å². The second-order valence-electron chi connectivity index (χ2n) is 6.81. The van der Waals surface area contributed by atoms with Crippen molar-refractivity contribution in [2.45, 2.75) is 31.8 Å². The Bertz CT molecular complexity index is 780. The van der Waals surface area contributed by atoms with Gasteiger partial charge < -0.3 is 24.8 Å². The SMILES string of the molecule is COC(=O)C1=C(Nc2ccc(C(=O)OC3CCCC3)cc2)C(=O)N(CCO)C1. The highest BCUT2D eigenvalue weighted by Gasteiger charge is 2.34. The Balaban J connectivity index is 1.71. The van der Waals surface area contributed by atoms with E-state index in [9.17, 15) is 14.4 Å². The Kier molecular flexibility index (Phi) is 6.30. The molecule has 1 aromatic carbocycles. The predicted molar refractivity (Wildman–Crippen MR) is 100 cm³/mol. The van der Waals surface area contributed by atoms with E-state index < -0.39 is 5.97 Å². The van der Waals surface area contributed by atoms with Gasteiger partial charge in [-0.05, 0) is 49.9 Å². The third-order valence-electron chi connectivity index (χ3n) is 4.92. The number of anilines is 1. The monoisotopic (exact) mass is 388 g/mol. The minimum Gasteiger partial charge on any atom is -0.466 e. The molecule has 1 fully saturated rings. The molecule has 0 unspecified atom stereocenters. The van der Waals surface area contributed by atoms with Crippen LogP contribution in [-0.4, -0.2) is 60.8 Å². The third-order valence-corrected chi connectivity index (χ3v) is 4.92. The maximum absolute atomic E-state index is 12.5. The third kappa shape index (κ3) is 4.33.